The van der Waals surface area contributed by atoms with Crippen molar-refractivity contribution < 1.29 is 17.9 Å². The van der Waals surface area contributed by atoms with E-state index in [1.165, 1.54) is 10.5 Å². The SMILES string of the molecule is COc1ccc(/C=N/NC(=O)CN(C2CCCCC2)S(C)(=O)=O)cc1. The van der Waals surface area contributed by atoms with Crippen molar-refractivity contribution in [2.45, 2.75) is 38.1 Å². The van der Waals surface area contributed by atoms with Crippen LogP contribution in [-0.4, -0.2) is 50.8 Å². The van der Waals surface area contributed by atoms with Gasteiger partial charge in [-0.25, -0.2) is 13.8 Å². The van der Waals surface area contributed by atoms with Gasteiger partial charge in [0.2, 0.25) is 10.0 Å². The first-order valence-corrected chi connectivity index (χ1v) is 10.2. The van der Waals surface area contributed by atoms with Gasteiger partial charge in [-0.15, -0.1) is 0 Å². The van der Waals surface area contributed by atoms with E-state index >= 15 is 0 Å². The van der Waals surface area contributed by atoms with Crippen molar-refractivity contribution in [1.82, 2.24) is 9.73 Å². The lowest BCUT2D eigenvalue weighted by Gasteiger charge is -2.31. The molecule has 8 heteroatoms. The summed E-state index contributed by atoms with van der Waals surface area (Å²) < 4.78 is 30.4. The van der Waals surface area contributed by atoms with Gasteiger partial charge < -0.3 is 4.74 Å². The van der Waals surface area contributed by atoms with Crippen LogP contribution >= 0.6 is 0 Å². The van der Waals surface area contributed by atoms with Crippen molar-refractivity contribution in [1.29, 1.82) is 0 Å². The zero-order valence-electron chi connectivity index (χ0n) is 14.6. The summed E-state index contributed by atoms with van der Waals surface area (Å²) in [5.41, 5.74) is 3.19. The zero-order chi connectivity index (χ0) is 18.3. The minimum Gasteiger partial charge on any atom is -0.497 e. The first-order valence-electron chi connectivity index (χ1n) is 8.33. The number of rotatable bonds is 7. The van der Waals surface area contributed by atoms with Gasteiger partial charge in [0.15, 0.2) is 0 Å². The molecule has 0 aromatic heterocycles. The number of carbonyl (C=O) groups is 1. The van der Waals surface area contributed by atoms with Crippen LogP contribution in [-0.2, 0) is 14.8 Å². The number of hydrogen-bond donors (Lipinski definition) is 1. The lowest BCUT2D eigenvalue weighted by Crippen LogP contribution is -2.45. The molecule has 1 aromatic carbocycles. The Hall–Kier alpha value is -1.93. The highest BCUT2D eigenvalue weighted by Gasteiger charge is 2.29. The molecule has 0 radical (unpaired) electrons. The van der Waals surface area contributed by atoms with Crippen LogP contribution in [0.15, 0.2) is 29.4 Å². The van der Waals surface area contributed by atoms with E-state index in [-0.39, 0.29) is 12.6 Å². The zero-order valence-corrected chi connectivity index (χ0v) is 15.5. The van der Waals surface area contributed by atoms with Crippen molar-refractivity contribution in [3.05, 3.63) is 29.8 Å². The van der Waals surface area contributed by atoms with Gasteiger partial charge in [0, 0.05) is 6.04 Å². The van der Waals surface area contributed by atoms with Crippen LogP contribution in [0.1, 0.15) is 37.7 Å². The first kappa shape index (κ1) is 19.4. The highest BCUT2D eigenvalue weighted by Crippen LogP contribution is 2.24. The minimum atomic E-state index is -3.44. The number of hydrogen-bond acceptors (Lipinski definition) is 5. The Morgan fingerprint density at radius 2 is 1.92 bits per heavy atom. The van der Waals surface area contributed by atoms with E-state index in [2.05, 4.69) is 10.5 Å². The predicted molar refractivity (Wildman–Crippen MR) is 97.2 cm³/mol. The van der Waals surface area contributed by atoms with Gasteiger partial charge in [-0.2, -0.15) is 9.41 Å². The number of sulfonamides is 1. The lowest BCUT2D eigenvalue weighted by molar-refractivity contribution is -0.121. The molecule has 2 rings (SSSR count). The van der Waals surface area contributed by atoms with Crippen LogP contribution in [0.25, 0.3) is 0 Å². The molecule has 0 bridgehead atoms. The second-order valence-electron chi connectivity index (χ2n) is 6.17. The van der Waals surface area contributed by atoms with E-state index in [4.69, 9.17) is 4.74 Å². The molecule has 0 heterocycles. The maximum absolute atomic E-state index is 12.1. The average Bonchev–Trinajstić information content (AvgIpc) is 2.60. The number of methoxy groups -OCH3 is 1. The van der Waals surface area contributed by atoms with E-state index in [1.54, 1.807) is 31.4 Å². The molecule has 0 saturated heterocycles. The molecule has 25 heavy (non-hydrogen) atoms. The smallest absolute Gasteiger partial charge is 0.255 e. The number of benzene rings is 1. The van der Waals surface area contributed by atoms with E-state index in [1.807, 2.05) is 0 Å². The Labute approximate surface area is 149 Å². The fourth-order valence-corrected chi connectivity index (χ4v) is 4.04. The summed E-state index contributed by atoms with van der Waals surface area (Å²) in [4.78, 5) is 12.1. The molecule has 138 valence electrons. The number of carbonyl (C=O) groups excluding carboxylic acids is 1. The normalized spacial score (nSPS) is 16.3. The number of ether oxygens (including phenoxy) is 1. The molecule has 1 saturated carbocycles. The van der Waals surface area contributed by atoms with E-state index in [9.17, 15) is 13.2 Å². The summed E-state index contributed by atoms with van der Waals surface area (Å²) in [5, 5.41) is 3.89. The molecule has 1 aromatic rings. The van der Waals surface area contributed by atoms with Crippen molar-refractivity contribution in [2.75, 3.05) is 19.9 Å². The summed E-state index contributed by atoms with van der Waals surface area (Å²) in [6.45, 7) is -0.205. The summed E-state index contributed by atoms with van der Waals surface area (Å²) in [6, 6.07) is 7.09. The summed E-state index contributed by atoms with van der Waals surface area (Å²) in [5.74, 6) is 0.290. The second kappa shape index (κ2) is 8.96. The molecule has 7 nitrogen and oxygen atoms in total. The first-order chi connectivity index (χ1) is 11.9. The van der Waals surface area contributed by atoms with E-state index in [0.717, 1.165) is 49.7 Å². The standard InChI is InChI=1S/C17H25N3O4S/c1-24-16-10-8-14(9-11-16)12-18-19-17(21)13-20(25(2,22)23)15-6-4-3-5-7-15/h8-12,15H,3-7,13H2,1-2H3,(H,19,21)/b18-12+. The number of hydrazone groups is 1. The van der Waals surface area contributed by atoms with Gasteiger partial charge in [-0.3, -0.25) is 4.79 Å². The molecule has 0 atom stereocenters. The van der Waals surface area contributed by atoms with Crippen LogP contribution in [0.3, 0.4) is 0 Å². The third-order valence-corrected chi connectivity index (χ3v) is 5.51. The van der Waals surface area contributed by atoms with Crippen LogP contribution in [0, 0.1) is 0 Å². The van der Waals surface area contributed by atoms with Crippen LogP contribution in [0.5, 0.6) is 5.75 Å². The number of nitrogens with one attached hydrogen (secondary N) is 1. The van der Waals surface area contributed by atoms with Crippen LogP contribution in [0.4, 0.5) is 0 Å². The summed E-state index contributed by atoms with van der Waals surface area (Å²) in [6.07, 6.45) is 7.36. The van der Waals surface area contributed by atoms with E-state index < -0.39 is 15.9 Å². The third kappa shape index (κ3) is 6.13. The van der Waals surface area contributed by atoms with Crippen molar-refractivity contribution in [3.8, 4) is 5.75 Å². The van der Waals surface area contributed by atoms with Gasteiger partial charge in [0.05, 0.1) is 26.1 Å². The molecule has 1 aliphatic carbocycles. The van der Waals surface area contributed by atoms with Crippen molar-refractivity contribution in [2.24, 2.45) is 5.10 Å². The Bertz CT molecular complexity index is 695. The summed E-state index contributed by atoms with van der Waals surface area (Å²) in [7, 11) is -1.85. The molecule has 1 N–H and O–H groups in total. The quantitative estimate of drug-likeness (QED) is 0.587. The molecule has 0 aliphatic heterocycles. The van der Waals surface area contributed by atoms with E-state index in [0.29, 0.717) is 0 Å². The number of nitrogens with zero attached hydrogens (tertiary/aromatic N) is 2. The Balaban J connectivity index is 1.92. The third-order valence-electron chi connectivity index (χ3n) is 4.23. The molecular formula is C17H25N3O4S. The van der Waals surface area contributed by atoms with Crippen LogP contribution < -0.4 is 10.2 Å². The average molecular weight is 367 g/mol. The maximum atomic E-state index is 12.1. The molecule has 1 amide bonds. The molecule has 0 unspecified atom stereocenters. The lowest BCUT2D eigenvalue weighted by atomic mass is 9.95. The Morgan fingerprint density at radius 3 is 2.48 bits per heavy atom. The molecular weight excluding hydrogens is 342 g/mol. The largest absolute Gasteiger partial charge is 0.497 e. The Morgan fingerprint density at radius 1 is 1.28 bits per heavy atom. The second-order valence-corrected chi connectivity index (χ2v) is 8.10. The molecule has 0 spiro atoms. The number of amides is 1. The fourth-order valence-electron chi connectivity index (χ4n) is 2.93. The van der Waals surface area contributed by atoms with Gasteiger partial charge in [0.1, 0.15) is 5.75 Å². The van der Waals surface area contributed by atoms with Gasteiger partial charge in [-0.05, 0) is 42.7 Å². The topological polar surface area (TPSA) is 88.1 Å². The van der Waals surface area contributed by atoms with Crippen molar-refractivity contribution >= 4 is 22.1 Å². The van der Waals surface area contributed by atoms with Gasteiger partial charge >= 0.3 is 0 Å². The minimum absolute atomic E-state index is 0.0972. The van der Waals surface area contributed by atoms with Gasteiger partial charge in [-0.1, -0.05) is 19.3 Å². The Kier molecular flexibility index (Phi) is 6.95. The molecule has 1 fully saturated rings. The van der Waals surface area contributed by atoms with Gasteiger partial charge in [0.25, 0.3) is 5.91 Å². The molecule has 1 aliphatic rings. The predicted octanol–water partition coefficient (Wildman–Crippen LogP) is 1.74. The van der Waals surface area contributed by atoms with Crippen LogP contribution in [0.2, 0.25) is 0 Å². The summed E-state index contributed by atoms with van der Waals surface area (Å²) >= 11 is 0. The maximum Gasteiger partial charge on any atom is 0.255 e. The fraction of sp³-hybridized carbons (Fsp3) is 0.529. The highest BCUT2D eigenvalue weighted by molar-refractivity contribution is 7.88. The highest BCUT2D eigenvalue weighted by atomic mass is 32.2. The monoisotopic (exact) mass is 367 g/mol. The van der Waals surface area contributed by atoms with Crippen molar-refractivity contribution in [3.63, 3.8) is 0 Å².